The smallest absolute Gasteiger partial charge is 0.107 e. The molecule has 2 N–H and O–H groups in total. The van der Waals surface area contributed by atoms with E-state index in [1.807, 2.05) is 0 Å². The van der Waals surface area contributed by atoms with Crippen LogP contribution in [0.2, 0.25) is 0 Å². The van der Waals surface area contributed by atoms with E-state index in [2.05, 4.69) is 5.92 Å². The fourth-order valence-electron chi connectivity index (χ4n) is 0.434. The monoisotopic (exact) mass is 143 g/mol. The van der Waals surface area contributed by atoms with Crippen molar-refractivity contribution in [1.29, 1.82) is 0 Å². The SMILES string of the molecule is C#CCOCCOCCN. The van der Waals surface area contributed by atoms with Crippen LogP contribution in [0.5, 0.6) is 0 Å². The standard InChI is InChI=1S/C7H13NO2/c1-2-4-9-6-7-10-5-3-8/h1H,3-8H2. The van der Waals surface area contributed by atoms with Gasteiger partial charge in [0.05, 0.1) is 19.8 Å². The van der Waals surface area contributed by atoms with Crippen LogP contribution >= 0.6 is 0 Å². The van der Waals surface area contributed by atoms with Gasteiger partial charge in [-0.25, -0.2) is 0 Å². The number of hydrogen-bond acceptors (Lipinski definition) is 3. The third kappa shape index (κ3) is 7.44. The Kier molecular flexibility index (Phi) is 7.97. The van der Waals surface area contributed by atoms with Crippen molar-refractivity contribution in [3.8, 4) is 12.3 Å². The molecule has 0 aliphatic rings. The highest BCUT2D eigenvalue weighted by Gasteiger charge is 1.84. The van der Waals surface area contributed by atoms with Gasteiger partial charge in [-0.2, -0.15) is 0 Å². The Bertz CT molecular complexity index is 98.3. The first-order valence-corrected chi connectivity index (χ1v) is 3.21. The molecule has 58 valence electrons. The van der Waals surface area contributed by atoms with Crippen LogP contribution < -0.4 is 5.73 Å². The van der Waals surface area contributed by atoms with Crippen molar-refractivity contribution in [2.75, 3.05) is 33.0 Å². The molecule has 0 aromatic carbocycles. The molecule has 0 saturated carbocycles. The van der Waals surface area contributed by atoms with Gasteiger partial charge in [-0.05, 0) is 0 Å². The molecule has 0 fully saturated rings. The van der Waals surface area contributed by atoms with Crippen molar-refractivity contribution in [1.82, 2.24) is 0 Å². The summed E-state index contributed by atoms with van der Waals surface area (Å²) in [4.78, 5) is 0. The number of ether oxygens (including phenoxy) is 2. The minimum Gasteiger partial charge on any atom is -0.378 e. The first kappa shape index (κ1) is 9.44. The Labute approximate surface area is 61.5 Å². The second-order valence-corrected chi connectivity index (χ2v) is 1.66. The highest BCUT2D eigenvalue weighted by molar-refractivity contribution is 4.82. The van der Waals surface area contributed by atoms with E-state index in [-0.39, 0.29) is 0 Å². The number of hydrogen-bond donors (Lipinski definition) is 1. The Morgan fingerprint density at radius 3 is 2.50 bits per heavy atom. The maximum atomic E-state index is 5.17. The molecule has 3 heteroatoms. The van der Waals surface area contributed by atoms with Crippen LogP contribution in [0.4, 0.5) is 0 Å². The van der Waals surface area contributed by atoms with Gasteiger partial charge >= 0.3 is 0 Å². The second-order valence-electron chi connectivity index (χ2n) is 1.66. The summed E-state index contributed by atoms with van der Waals surface area (Å²) in [6.07, 6.45) is 4.93. The average Bonchev–Trinajstić information content (AvgIpc) is 1.97. The van der Waals surface area contributed by atoms with E-state index < -0.39 is 0 Å². The predicted octanol–water partition coefficient (Wildman–Crippen LogP) is -0.389. The van der Waals surface area contributed by atoms with Gasteiger partial charge in [0, 0.05) is 6.54 Å². The summed E-state index contributed by atoms with van der Waals surface area (Å²) in [5.41, 5.74) is 5.17. The van der Waals surface area contributed by atoms with Crippen LogP contribution in [-0.2, 0) is 9.47 Å². The molecular formula is C7H13NO2. The molecule has 0 aromatic heterocycles. The third-order valence-electron chi connectivity index (χ3n) is 0.820. The fourth-order valence-corrected chi connectivity index (χ4v) is 0.434. The zero-order valence-electron chi connectivity index (χ0n) is 6.01. The van der Waals surface area contributed by atoms with E-state index in [0.717, 1.165) is 0 Å². The fraction of sp³-hybridized carbons (Fsp3) is 0.714. The van der Waals surface area contributed by atoms with Crippen LogP contribution in [0, 0.1) is 12.3 Å². The molecule has 0 heterocycles. The largest absolute Gasteiger partial charge is 0.378 e. The first-order valence-electron chi connectivity index (χ1n) is 3.21. The minimum atomic E-state index is 0.353. The Hall–Kier alpha value is -0.560. The summed E-state index contributed by atoms with van der Waals surface area (Å²) < 4.78 is 9.94. The second kappa shape index (κ2) is 8.44. The summed E-state index contributed by atoms with van der Waals surface area (Å²) >= 11 is 0. The Morgan fingerprint density at radius 2 is 1.90 bits per heavy atom. The lowest BCUT2D eigenvalue weighted by atomic mass is 10.7. The van der Waals surface area contributed by atoms with Crippen LogP contribution in [0.3, 0.4) is 0 Å². The van der Waals surface area contributed by atoms with Crippen LogP contribution in [0.15, 0.2) is 0 Å². The summed E-state index contributed by atoms with van der Waals surface area (Å²) in [5, 5.41) is 0. The minimum absolute atomic E-state index is 0.353. The van der Waals surface area contributed by atoms with Gasteiger partial charge in [-0.15, -0.1) is 6.42 Å². The van der Waals surface area contributed by atoms with Gasteiger partial charge in [0.25, 0.3) is 0 Å². The van der Waals surface area contributed by atoms with Gasteiger partial charge < -0.3 is 15.2 Å². The zero-order valence-corrected chi connectivity index (χ0v) is 6.01. The van der Waals surface area contributed by atoms with Crippen LogP contribution in [0.25, 0.3) is 0 Å². The summed E-state index contributed by atoms with van der Waals surface area (Å²) in [6, 6.07) is 0. The van der Waals surface area contributed by atoms with Gasteiger partial charge in [0.2, 0.25) is 0 Å². The van der Waals surface area contributed by atoms with Crippen molar-refractivity contribution < 1.29 is 9.47 Å². The lowest BCUT2D eigenvalue weighted by Gasteiger charge is -2.00. The number of rotatable bonds is 6. The summed E-state index contributed by atoms with van der Waals surface area (Å²) in [7, 11) is 0. The molecule has 0 aliphatic carbocycles. The maximum Gasteiger partial charge on any atom is 0.107 e. The molecule has 0 atom stereocenters. The molecule has 3 nitrogen and oxygen atoms in total. The van der Waals surface area contributed by atoms with Crippen molar-refractivity contribution in [2.24, 2.45) is 5.73 Å². The van der Waals surface area contributed by atoms with E-state index in [1.54, 1.807) is 0 Å². The lowest BCUT2D eigenvalue weighted by Crippen LogP contribution is -2.11. The average molecular weight is 143 g/mol. The molecule has 0 radical (unpaired) electrons. The molecule has 0 aliphatic heterocycles. The molecule has 0 aromatic rings. The quantitative estimate of drug-likeness (QED) is 0.407. The van der Waals surface area contributed by atoms with Crippen molar-refractivity contribution in [3.05, 3.63) is 0 Å². The number of terminal acetylenes is 1. The highest BCUT2D eigenvalue weighted by Crippen LogP contribution is 1.75. The van der Waals surface area contributed by atoms with E-state index in [1.165, 1.54) is 0 Å². The van der Waals surface area contributed by atoms with Gasteiger partial charge in [-0.3, -0.25) is 0 Å². The summed E-state index contributed by atoms with van der Waals surface area (Å²) in [6.45, 7) is 2.60. The molecule has 0 unspecified atom stereocenters. The third-order valence-corrected chi connectivity index (χ3v) is 0.820. The maximum absolute atomic E-state index is 5.17. The Morgan fingerprint density at radius 1 is 1.20 bits per heavy atom. The van der Waals surface area contributed by atoms with Gasteiger partial charge in [0.1, 0.15) is 6.61 Å². The van der Waals surface area contributed by atoms with Crippen molar-refractivity contribution in [2.45, 2.75) is 0 Å². The first-order chi connectivity index (χ1) is 4.91. The van der Waals surface area contributed by atoms with E-state index in [4.69, 9.17) is 21.6 Å². The molecule has 10 heavy (non-hydrogen) atoms. The predicted molar refractivity (Wildman–Crippen MR) is 39.5 cm³/mol. The molecule has 0 spiro atoms. The van der Waals surface area contributed by atoms with Gasteiger partial charge in [0.15, 0.2) is 0 Å². The molecule has 0 bridgehead atoms. The zero-order chi connectivity index (χ0) is 7.66. The number of nitrogens with two attached hydrogens (primary N) is 1. The molecule has 0 saturated heterocycles. The van der Waals surface area contributed by atoms with Gasteiger partial charge in [-0.1, -0.05) is 5.92 Å². The molecular weight excluding hydrogens is 130 g/mol. The highest BCUT2D eigenvalue weighted by atomic mass is 16.5. The summed E-state index contributed by atoms with van der Waals surface area (Å²) in [5.74, 6) is 2.36. The normalized spacial score (nSPS) is 9.20. The van der Waals surface area contributed by atoms with E-state index >= 15 is 0 Å². The molecule has 0 amide bonds. The topological polar surface area (TPSA) is 44.5 Å². The van der Waals surface area contributed by atoms with Crippen molar-refractivity contribution >= 4 is 0 Å². The van der Waals surface area contributed by atoms with Crippen LogP contribution in [-0.4, -0.2) is 33.0 Å². The van der Waals surface area contributed by atoms with Crippen molar-refractivity contribution in [3.63, 3.8) is 0 Å². The van der Waals surface area contributed by atoms with E-state index in [9.17, 15) is 0 Å². The molecule has 0 rings (SSSR count). The lowest BCUT2D eigenvalue weighted by molar-refractivity contribution is 0.0637. The van der Waals surface area contributed by atoms with E-state index in [0.29, 0.717) is 33.0 Å². The Balaban J connectivity index is 2.72. The van der Waals surface area contributed by atoms with Crippen LogP contribution in [0.1, 0.15) is 0 Å².